The smallest absolute Gasteiger partial charge is 0.379 e. The van der Waals surface area contributed by atoms with E-state index in [1.54, 1.807) is 7.11 Å². The zero-order chi connectivity index (χ0) is 20.3. The van der Waals surface area contributed by atoms with Crippen LogP contribution in [0.1, 0.15) is 36.6 Å². The fourth-order valence-corrected chi connectivity index (χ4v) is 2.81. The van der Waals surface area contributed by atoms with Gasteiger partial charge in [-0.1, -0.05) is 36.4 Å². The molecule has 1 heterocycles. The van der Waals surface area contributed by atoms with Gasteiger partial charge in [-0.15, -0.1) is 10.2 Å². The molecule has 0 spiro atoms. The molecule has 1 aromatic heterocycles. The number of hydrogen-bond acceptors (Lipinski definition) is 4. The first kappa shape index (κ1) is 20.0. The van der Waals surface area contributed by atoms with Crippen molar-refractivity contribution in [3.8, 4) is 11.4 Å². The van der Waals surface area contributed by atoms with Crippen LogP contribution in [-0.4, -0.2) is 33.4 Å². The molecule has 0 bridgehead atoms. The van der Waals surface area contributed by atoms with Gasteiger partial charge in [-0.2, -0.15) is 18.0 Å². The van der Waals surface area contributed by atoms with Crippen molar-refractivity contribution in [2.24, 2.45) is 0 Å². The maximum atomic E-state index is 12.7. The van der Waals surface area contributed by atoms with Gasteiger partial charge in [0.1, 0.15) is 0 Å². The van der Waals surface area contributed by atoms with Crippen molar-refractivity contribution in [2.45, 2.75) is 38.6 Å². The minimum absolute atomic E-state index is 0.0792. The van der Waals surface area contributed by atoms with Crippen molar-refractivity contribution in [3.63, 3.8) is 0 Å². The van der Waals surface area contributed by atoms with Crippen molar-refractivity contribution < 1.29 is 17.9 Å². The van der Waals surface area contributed by atoms with Gasteiger partial charge >= 0.3 is 6.18 Å². The molecule has 28 heavy (non-hydrogen) atoms. The monoisotopic (exact) mass is 390 g/mol. The Kier molecular flexibility index (Phi) is 5.79. The Bertz CT molecular complexity index is 922. The summed E-state index contributed by atoms with van der Waals surface area (Å²) in [5.41, 5.74) is 1.82. The summed E-state index contributed by atoms with van der Waals surface area (Å²) in [6.45, 7) is 3.86. The Morgan fingerprint density at radius 3 is 2.36 bits per heavy atom. The lowest BCUT2D eigenvalue weighted by atomic mass is 9.98. The fraction of sp³-hybridized carbons (Fsp3) is 0.350. The second-order valence-electron chi connectivity index (χ2n) is 6.64. The third kappa shape index (κ3) is 4.39. The van der Waals surface area contributed by atoms with Crippen molar-refractivity contribution in [1.29, 1.82) is 0 Å². The highest BCUT2D eigenvalue weighted by Gasteiger charge is 2.30. The zero-order valence-corrected chi connectivity index (χ0v) is 15.8. The number of tetrazole rings is 1. The highest BCUT2D eigenvalue weighted by atomic mass is 19.4. The number of aromatic nitrogens is 4. The summed E-state index contributed by atoms with van der Waals surface area (Å²) in [6, 6.07) is 12.6. The van der Waals surface area contributed by atoms with Gasteiger partial charge in [0.25, 0.3) is 0 Å². The van der Waals surface area contributed by atoms with E-state index in [9.17, 15) is 13.2 Å². The van der Waals surface area contributed by atoms with Crippen molar-refractivity contribution in [2.75, 3.05) is 7.11 Å². The number of halogens is 3. The topological polar surface area (TPSA) is 52.8 Å². The Morgan fingerprint density at radius 1 is 1.04 bits per heavy atom. The van der Waals surface area contributed by atoms with Crippen molar-refractivity contribution in [1.82, 2.24) is 20.2 Å². The molecular formula is C20H21F3N4O. The molecule has 0 aliphatic carbocycles. The van der Waals surface area contributed by atoms with Gasteiger partial charge in [-0.3, -0.25) is 0 Å². The summed E-state index contributed by atoms with van der Waals surface area (Å²) in [7, 11) is 1.62. The average Bonchev–Trinajstić information content (AvgIpc) is 3.17. The maximum absolute atomic E-state index is 12.7. The standard InChI is InChI=1S/C20H21F3N4O/c1-13(14(2)28-3)27-25-19(24-26-27)18-7-5-4-6-16(18)12-15-8-10-17(11-9-15)20(21,22)23/h4-11,13-14H,12H2,1-3H3/t13-,14+/m0/s1. The molecule has 0 saturated heterocycles. The molecule has 0 aliphatic rings. The van der Waals surface area contributed by atoms with Gasteiger partial charge in [0.15, 0.2) is 0 Å². The Morgan fingerprint density at radius 2 is 1.71 bits per heavy atom. The van der Waals surface area contributed by atoms with Gasteiger partial charge in [-0.05, 0) is 48.7 Å². The zero-order valence-electron chi connectivity index (χ0n) is 15.8. The molecule has 3 aromatic rings. The van der Waals surface area contributed by atoms with E-state index >= 15 is 0 Å². The van der Waals surface area contributed by atoms with E-state index in [0.29, 0.717) is 12.2 Å². The molecule has 0 saturated carbocycles. The van der Waals surface area contributed by atoms with Crippen LogP contribution in [0.2, 0.25) is 0 Å². The Balaban J connectivity index is 1.85. The molecule has 0 N–H and O–H groups in total. The molecule has 3 rings (SSSR count). The summed E-state index contributed by atoms with van der Waals surface area (Å²) >= 11 is 0. The number of rotatable bonds is 6. The summed E-state index contributed by atoms with van der Waals surface area (Å²) in [5.74, 6) is 0.470. The van der Waals surface area contributed by atoms with Crippen LogP contribution in [0.4, 0.5) is 13.2 Å². The van der Waals surface area contributed by atoms with E-state index in [-0.39, 0.29) is 12.1 Å². The summed E-state index contributed by atoms with van der Waals surface area (Å²) in [5, 5.41) is 12.7. The van der Waals surface area contributed by atoms with E-state index in [0.717, 1.165) is 28.8 Å². The Labute approximate surface area is 161 Å². The van der Waals surface area contributed by atoms with E-state index in [1.807, 2.05) is 38.1 Å². The van der Waals surface area contributed by atoms with Crippen LogP contribution in [0.15, 0.2) is 48.5 Å². The quantitative estimate of drug-likeness (QED) is 0.620. The first-order valence-electron chi connectivity index (χ1n) is 8.86. The molecule has 0 unspecified atom stereocenters. The molecule has 2 atom stereocenters. The number of methoxy groups -OCH3 is 1. The number of ether oxygens (including phenoxy) is 1. The summed E-state index contributed by atoms with van der Waals surface area (Å²) in [6.07, 6.45) is -3.95. The van der Waals surface area contributed by atoms with E-state index < -0.39 is 11.7 Å². The predicted octanol–water partition coefficient (Wildman–Crippen LogP) is 4.55. The number of nitrogens with zero attached hydrogens (tertiary/aromatic N) is 4. The lowest BCUT2D eigenvalue weighted by molar-refractivity contribution is -0.137. The largest absolute Gasteiger partial charge is 0.416 e. The molecule has 5 nitrogen and oxygen atoms in total. The first-order valence-corrected chi connectivity index (χ1v) is 8.86. The molecule has 148 valence electrons. The summed E-state index contributed by atoms with van der Waals surface area (Å²) in [4.78, 5) is 1.51. The molecule has 0 radical (unpaired) electrons. The minimum Gasteiger partial charge on any atom is -0.379 e. The Hall–Kier alpha value is -2.74. The maximum Gasteiger partial charge on any atom is 0.416 e. The number of benzene rings is 2. The third-order valence-corrected chi connectivity index (χ3v) is 4.78. The van der Waals surface area contributed by atoms with Gasteiger partial charge in [0, 0.05) is 12.7 Å². The second kappa shape index (κ2) is 8.10. The van der Waals surface area contributed by atoms with Gasteiger partial charge in [-0.25, -0.2) is 0 Å². The van der Waals surface area contributed by atoms with Crippen molar-refractivity contribution >= 4 is 0 Å². The van der Waals surface area contributed by atoms with Gasteiger partial charge < -0.3 is 4.74 Å². The highest BCUT2D eigenvalue weighted by molar-refractivity contribution is 5.60. The molecule has 0 aliphatic heterocycles. The molecule has 2 aromatic carbocycles. The van der Waals surface area contributed by atoms with E-state index in [4.69, 9.17) is 4.74 Å². The van der Waals surface area contributed by atoms with E-state index in [2.05, 4.69) is 15.4 Å². The highest BCUT2D eigenvalue weighted by Crippen LogP contribution is 2.30. The molecule has 0 fully saturated rings. The lowest BCUT2D eigenvalue weighted by Gasteiger charge is -2.16. The first-order chi connectivity index (χ1) is 13.3. The van der Waals surface area contributed by atoms with Crippen LogP contribution in [0.3, 0.4) is 0 Å². The molecule has 0 amide bonds. The second-order valence-corrected chi connectivity index (χ2v) is 6.64. The van der Waals surface area contributed by atoms with Crippen LogP contribution >= 0.6 is 0 Å². The van der Waals surface area contributed by atoms with Crippen LogP contribution in [0, 0.1) is 0 Å². The normalized spacial score (nSPS) is 14.1. The van der Waals surface area contributed by atoms with E-state index in [1.165, 1.54) is 16.9 Å². The van der Waals surface area contributed by atoms with Crippen LogP contribution < -0.4 is 0 Å². The van der Waals surface area contributed by atoms with Crippen LogP contribution in [-0.2, 0) is 17.3 Å². The van der Waals surface area contributed by atoms with Crippen molar-refractivity contribution in [3.05, 3.63) is 65.2 Å². The molecule has 8 heteroatoms. The predicted molar refractivity (Wildman–Crippen MR) is 98.7 cm³/mol. The number of hydrogen-bond donors (Lipinski definition) is 0. The fourth-order valence-electron chi connectivity index (χ4n) is 2.81. The minimum atomic E-state index is -4.34. The number of alkyl halides is 3. The average molecular weight is 390 g/mol. The molecular weight excluding hydrogens is 369 g/mol. The van der Waals surface area contributed by atoms with Gasteiger partial charge in [0.05, 0.1) is 17.7 Å². The lowest BCUT2D eigenvalue weighted by Crippen LogP contribution is -2.22. The van der Waals surface area contributed by atoms with Gasteiger partial charge in [0.2, 0.25) is 5.82 Å². The third-order valence-electron chi connectivity index (χ3n) is 4.78. The van der Waals surface area contributed by atoms with Crippen LogP contribution in [0.5, 0.6) is 0 Å². The summed E-state index contributed by atoms with van der Waals surface area (Å²) < 4.78 is 43.6. The SMILES string of the molecule is CO[C@H](C)[C@H](C)n1nnc(-c2ccccc2Cc2ccc(C(F)(F)F)cc2)n1. The van der Waals surface area contributed by atoms with Crippen LogP contribution in [0.25, 0.3) is 11.4 Å².